The van der Waals surface area contributed by atoms with E-state index in [1.54, 1.807) is 39.0 Å². The van der Waals surface area contributed by atoms with E-state index in [2.05, 4.69) is 10.3 Å². The average Bonchev–Trinajstić information content (AvgIpc) is 2.85. The van der Waals surface area contributed by atoms with Crippen LogP contribution in [0.3, 0.4) is 0 Å². The predicted octanol–water partition coefficient (Wildman–Crippen LogP) is 5.27. The summed E-state index contributed by atoms with van der Waals surface area (Å²) in [5, 5.41) is 15.1. The van der Waals surface area contributed by atoms with Gasteiger partial charge in [-0.05, 0) is 57.5 Å². The van der Waals surface area contributed by atoms with Gasteiger partial charge in [-0.1, -0.05) is 35.3 Å². The topological polar surface area (TPSA) is 131 Å². The monoisotopic (exact) mass is 562 g/mol. The zero-order valence-electron chi connectivity index (χ0n) is 21.1. The molecule has 12 heteroatoms. The smallest absolute Gasteiger partial charge is 0.344 e. The fourth-order valence-electron chi connectivity index (χ4n) is 4.19. The highest BCUT2D eigenvalue weighted by Gasteiger charge is 2.43. The zero-order chi connectivity index (χ0) is 28.0. The van der Waals surface area contributed by atoms with Crippen LogP contribution in [0.5, 0.6) is 0 Å². The first-order chi connectivity index (χ1) is 18.0. The number of aliphatic imine (C=N–C) groups is 1. The van der Waals surface area contributed by atoms with Gasteiger partial charge in [-0.25, -0.2) is 9.79 Å². The van der Waals surface area contributed by atoms with Crippen molar-refractivity contribution in [3.05, 3.63) is 73.8 Å². The molecule has 2 unspecified atom stereocenters. The Balaban J connectivity index is 1.76. The Labute approximate surface area is 230 Å². The molecule has 1 aliphatic rings. The quantitative estimate of drug-likeness (QED) is 0.130. The van der Waals surface area contributed by atoms with Gasteiger partial charge >= 0.3 is 12.0 Å². The third-order valence-corrected chi connectivity index (χ3v) is 6.67. The Morgan fingerprint density at radius 1 is 1.18 bits per heavy atom. The fraction of sp³-hybridized carbons (Fsp3) is 0.385. The molecule has 0 fully saturated rings. The highest BCUT2D eigenvalue weighted by molar-refractivity contribution is 6.42. The SMILES string of the molecule is CC1=NC(=O)N(CCCNCC(=O)c2ccc(Cl)c(Cl)c2)C(c2cccc([N+](=O)[O-])c2)C1C(=O)OC(C)C. The number of non-ortho nitro benzene ring substituents is 1. The molecule has 2 aromatic carbocycles. The van der Waals surface area contributed by atoms with Crippen molar-refractivity contribution in [2.75, 3.05) is 19.6 Å². The molecular weight excluding hydrogens is 535 g/mol. The minimum atomic E-state index is -0.929. The number of ether oxygens (including phenoxy) is 1. The van der Waals surface area contributed by atoms with E-state index in [-0.39, 0.29) is 35.3 Å². The predicted molar refractivity (Wildman–Crippen MR) is 144 cm³/mol. The van der Waals surface area contributed by atoms with E-state index in [9.17, 15) is 24.5 Å². The molecule has 0 aliphatic carbocycles. The molecule has 38 heavy (non-hydrogen) atoms. The third kappa shape index (κ3) is 7.15. The van der Waals surface area contributed by atoms with Gasteiger partial charge in [0.1, 0.15) is 5.92 Å². The number of ketones is 1. The molecule has 0 saturated heterocycles. The molecule has 2 amide bonds. The number of amides is 2. The van der Waals surface area contributed by atoms with Gasteiger partial charge in [-0.15, -0.1) is 0 Å². The highest BCUT2D eigenvalue weighted by atomic mass is 35.5. The molecular formula is C26H28Cl2N4O6. The lowest BCUT2D eigenvalue weighted by Gasteiger charge is -2.38. The second-order valence-corrected chi connectivity index (χ2v) is 9.89. The molecule has 3 rings (SSSR count). The van der Waals surface area contributed by atoms with Crippen LogP contribution < -0.4 is 5.32 Å². The van der Waals surface area contributed by atoms with Crippen molar-refractivity contribution < 1.29 is 24.0 Å². The molecule has 2 atom stereocenters. The van der Waals surface area contributed by atoms with Crippen molar-refractivity contribution in [3.8, 4) is 0 Å². The van der Waals surface area contributed by atoms with Crippen molar-refractivity contribution in [1.29, 1.82) is 0 Å². The molecule has 0 spiro atoms. The summed E-state index contributed by atoms with van der Waals surface area (Å²) in [5.41, 5.74) is 0.961. The summed E-state index contributed by atoms with van der Waals surface area (Å²) < 4.78 is 5.44. The first-order valence-corrected chi connectivity index (χ1v) is 12.7. The minimum Gasteiger partial charge on any atom is -0.462 e. The normalized spacial score (nSPS) is 17.4. The Morgan fingerprint density at radius 3 is 2.58 bits per heavy atom. The molecule has 1 aliphatic heterocycles. The van der Waals surface area contributed by atoms with Gasteiger partial charge in [-0.3, -0.25) is 19.7 Å². The molecule has 10 nitrogen and oxygen atoms in total. The highest BCUT2D eigenvalue weighted by Crippen LogP contribution is 2.36. The van der Waals surface area contributed by atoms with Gasteiger partial charge in [0.05, 0.1) is 33.7 Å². The second-order valence-electron chi connectivity index (χ2n) is 9.07. The standard InChI is InChI=1S/C26H28Cl2N4O6/c1-15(2)38-25(34)23-16(3)30-26(35)31(24(23)18-6-4-7-19(12-18)32(36)37)11-5-10-29-14-22(33)17-8-9-20(27)21(28)13-17/h4,6-9,12-13,15,23-24,29H,5,10-11,14H2,1-3H3. The second kappa shape index (κ2) is 12.9. The van der Waals surface area contributed by atoms with Gasteiger partial charge < -0.3 is 15.0 Å². The summed E-state index contributed by atoms with van der Waals surface area (Å²) in [4.78, 5) is 54.8. The van der Waals surface area contributed by atoms with E-state index in [0.29, 0.717) is 29.1 Å². The molecule has 2 aromatic rings. The van der Waals surface area contributed by atoms with Crippen LogP contribution >= 0.6 is 23.2 Å². The Bertz CT molecular complexity index is 1270. The van der Waals surface area contributed by atoms with E-state index in [4.69, 9.17) is 27.9 Å². The molecule has 1 heterocycles. The lowest BCUT2D eigenvalue weighted by atomic mass is 9.86. The van der Waals surface area contributed by atoms with Gasteiger partial charge in [-0.2, -0.15) is 0 Å². The van der Waals surface area contributed by atoms with Crippen LogP contribution in [0.2, 0.25) is 10.0 Å². The summed E-state index contributed by atoms with van der Waals surface area (Å²) in [6.45, 7) is 5.60. The number of nitro groups is 1. The number of rotatable bonds is 11. The lowest BCUT2D eigenvalue weighted by molar-refractivity contribution is -0.385. The third-order valence-electron chi connectivity index (χ3n) is 5.93. The van der Waals surface area contributed by atoms with Crippen LogP contribution in [-0.4, -0.2) is 59.1 Å². The largest absolute Gasteiger partial charge is 0.462 e. The maximum absolute atomic E-state index is 13.1. The number of carbonyl (C=O) groups is 3. The number of carbonyl (C=O) groups excluding carboxylic acids is 3. The van der Waals surface area contributed by atoms with Crippen molar-refractivity contribution >= 4 is 52.4 Å². The Kier molecular flexibility index (Phi) is 9.96. The van der Waals surface area contributed by atoms with Crippen molar-refractivity contribution in [2.24, 2.45) is 10.9 Å². The molecule has 0 aromatic heterocycles. The van der Waals surface area contributed by atoms with Crippen molar-refractivity contribution in [1.82, 2.24) is 10.2 Å². The number of nitrogens with one attached hydrogen (secondary N) is 1. The minimum absolute atomic E-state index is 0.0425. The zero-order valence-corrected chi connectivity index (χ0v) is 22.7. The van der Waals surface area contributed by atoms with Gasteiger partial charge in [0, 0.05) is 30.0 Å². The van der Waals surface area contributed by atoms with Crippen molar-refractivity contribution in [2.45, 2.75) is 39.3 Å². The number of esters is 1. The summed E-state index contributed by atoms with van der Waals surface area (Å²) in [5.74, 6) is -1.68. The summed E-state index contributed by atoms with van der Waals surface area (Å²) >= 11 is 11.9. The number of hydrogen-bond acceptors (Lipinski definition) is 7. The van der Waals surface area contributed by atoms with Gasteiger partial charge in [0.2, 0.25) is 0 Å². The van der Waals surface area contributed by atoms with Crippen LogP contribution in [0.1, 0.15) is 49.2 Å². The van der Waals surface area contributed by atoms with Crippen LogP contribution in [0.4, 0.5) is 10.5 Å². The van der Waals surface area contributed by atoms with Crippen LogP contribution in [0.15, 0.2) is 47.5 Å². The maximum Gasteiger partial charge on any atom is 0.344 e. The number of urea groups is 1. The molecule has 202 valence electrons. The first-order valence-electron chi connectivity index (χ1n) is 12.0. The summed E-state index contributed by atoms with van der Waals surface area (Å²) in [7, 11) is 0. The van der Waals surface area contributed by atoms with Crippen molar-refractivity contribution in [3.63, 3.8) is 0 Å². The van der Waals surface area contributed by atoms with E-state index in [0.717, 1.165) is 0 Å². The fourth-order valence-corrected chi connectivity index (χ4v) is 4.49. The molecule has 0 bridgehead atoms. The number of halogens is 2. The number of nitrogens with zero attached hydrogens (tertiary/aromatic N) is 3. The van der Waals surface area contributed by atoms with E-state index in [1.165, 1.54) is 29.2 Å². The Hall–Kier alpha value is -3.34. The lowest BCUT2D eigenvalue weighted by Crippen LogP contribution is -2.48. The number of nitro benzene ring substituents is 1. The number of hydrogen-bond donors (Lipinski definition) is 1. The summed E-state index contributed by atoms with van der Waals surface area (Å²) in [6.07, 6.45) is 0.0242. The first kappa shape index (κ1) is 29.2. The van der Waals surface area contributed by atoms with E-state index < -0.39 is 35.0 Å². The number of benzene rings is 2. The molecule has 0 radical (unpaired) electrons. The van der Waals surface area contributed by atoms with Crippen LogP contribution in [0, 0.1) is 16.0 Å². The molecule has 1 N–H and O–H groups in total. The van der Waals surface area contributed by atoms with Crippen LogP contribution in [-0.2, 0) is 9.53 Å². The Morgan fingerprint density at radius 2 is 1.92 bits per heavy atom. The summed E-state index contributed by atoms with van der Waals surface area (Å²) in [6, 6.07) is 9.09. The molecule has 0 saturated carbocycles. The van der Waals surface area contributed by atoms with Gasteiger partial charge in [0.25, 0.3) is 5.69 Å². The van der Waals surface area contributed by atoms with Crippen LogP contribution in [0.25, 0.3) is 0 Å². The van der Waals surface area contributed by atoms with E-state index in [1.807, 2.05) is 0 Å². The maximum atomic E-state index is 13.1. The van der Waals surface area contributed by atoms with E-state index >= 15 is 0 Å². The van der Waals surface area contributed by atoms with Gasteiger partial charge in [0.15, 0.2) is 5.78 Å². The average molecular weight is 563 g/mol. The number of Topliss-reactive ketones (excluding diaryl/α,β-unsaturated/α-hetero) is 1.